The van der Waals surface area contributed by atoms with E-state index in [1.54, 1.807) is 0 Å². The zero-order valence-corrected chi connectivity index (χ0v) is 6.57. The molecule has 12 heavy (non-hydrogen) atoms. The molecule has 0 amide bonds. The molecule has 0 aromatic carbocycles. The molecule has 0 aliphatic carbocycles. The average Bonchev–Trinajstić information content (AvgIpc) is 2.50. The van der Waals surface area contributed by atoms with Gasteiger partial charge in [-0.2, -0.15) is 5.26 Å². The first kappa shape index (κ1) is 6.93. The van der Waals surface area contributed by atoms with Gasteiger partial charge in [-0.05, 0) is 24.3 Å². The molecule has 0 saturated heterocycles. The first-order valence-electron chi connectivity index (χ1n) is 3.84. The molecule has 0 aliphatic heterocycles. The monoisotopic (exact) mass is 156 g/mol. The van der Waals surface area contributed by atoms with Gasteiger partial charge in [0.2, 0.25) is 0 Å². The first-order valence-corrected chi connectivity index (χ1v) is 3.84. The van der Waals surface area contributed by atoms with Crippen LogP contribution in [0.3, 0.4) is 0 Å². The maximum Gasteiger partial charge on any atom is 0.0758 e. The molecule has 0 spiro atoms. The molecule has 2 rings (SSSR count). The molecule has 2 heterocycles. The summed E-state index contributed by atoms with van der Waals surface area (Å²) in [4.78, 5) is 0. The molecule has 0 atom stereocenters. The number of hydrogen-bond acceptors (Lipinski definition) is 1. The summed E-state index contributed by atoms with van der Waals surface area (Å²) >= 11 is 0. The Hall–Kier alpha value is -1.75. The number of rotatable bonds is 1. The van der Waals surface area contributed by atoms with Gasteiger partial charge in [-0.25, -0.2) is 0 Å². The molecule has 0 N–H and O–H groups in total. The second kappa shape index (κ2) is 2.71. The van der Waals surface area contributed by atoms with Crippen LogP contribution in [0, 0.1) is 11.3 Å². The number of hydrogen-bond donors (Lipinski definition) is 0. The van der Waals surface area contributed by atoms with E-state index in [9.17, 15) is 0 Å². The smallest absolute Gasteiger partial charge is 0.0758 e. The fraction of sp³-hybridized carbons (Fsp3) is 0.100. The molecule has 0 bridgehead atoms. The lowest BCUT2D eigenvalue weighted by Gasteiger charge is -1.96. The van der Waals surface area contributed by atoms with Crippen molar-refractivity contribution in [1.82, 2.24) is 4.40 Å². The molecular weight excluding hydrogens is 148 g/mol. The van der Waals surface area contributed by atoms with Crippen LogP contribution in [-0.2, 0) is 6.42 Å². The SMILES string of the molecule is N#CCc1ccc2ccccn12. The van der Waals surface area contributed by atoms with Gasteiger partial charge in [0.15, 0.2) is 0 Å². The van der Waals surface area contributed by atoms with Gasteiger partial charge in [0.1, 0.15) is 0 Å². The molecule has 2 aromatic heterocycles. The number of nitrogens with zero attached hydrogens (tertiary/aromatic N) is 2. The van der Waals surface area contributed by atoms with Gasteiger partial charge in [-0.1, -0.05) is 6.07 Å². The van der Waals surface area contributed by atoms with Crippen LogP contribution in [0.4, 0.5) is 0 Å². The average molecular weight is 156 g/mol. The van der Waals surface area contributed by atoms with E-state index in [1.165, 1.54) is 0 Å². The van der Waals surface area contributed by atoms with Crippen molar-refractivity contribution in [2.75, 3.05) is 0 Å². The quantitative estimate of drug-likeness (QED) is 0.620. The zero-order valence-electron chi connectivity index (χ0n) is 6.57. The van der Waals surface area contributed by atoms with Gasteiger partial charge in [-0.3, -0.25) is 0 Å². The highest BCUT2D eigenvalue weighted by molar-refractivity contribution is 5.49. The van der Waals surface area contributed by atoms with Crippen LogP contribution in [0.2, 0.25) is 0 Å². The van der Waals surface area contributed by atoms with Crippen molar-refractivity contribution in [2.45, 2.75) is 6.42 Å². The van der Waals surface area contributed by atoms with E-state index in [1.807, 2.05) is 40.9 Å². The first-order chi connectivity index (χ1) is 5.92. The molecule has 0 fully saturated rings. The Bertz CT molecular complexity index is 434. The van der Waals surface area contributed by atoms with E-state index in [4.69, 9.17) is 5.26 Å². The highest BCUT2D eigenvalue weighted by atomic mass is 14.9. The summed E-state index contributed by atoms with van der Waals surface area (Å²) in [6, 6.07) is 12.1. The number of nitriles is 1. The van der Waals surface area contributed by atoms with E-state index in [0.29, 0.717) is 6.42 Å². The van der Waals surface area contributed by atoms with Crippen molar-refractivity contribution < 1.29 is 0 Å². The Balaban J connectivity index is 2.64. The van der Waals surface area contributed by atoms with Crippen LogP contribution >= 0.6 is 0 Å². The third kappa shape index (κ3) is 0.960. The third-order valence-corrected chi connectivity index (χ3v) is 1.91. The van der Waals surface area contributed by atoms with Crippen molar-refractivity contribution in [3.8, 4) is 6.07 Å². The second-order valence-corrected chi connectivity index (χ2v) is 2.66. The van der Waals surface area contributed by atoms with E-state index >= 15 is 0 Å². The molecule has 0 radical (unpaired) electrons. The van der Waals surface area contributed by atoms with E-state index in [0.717, 1.165) is 11.2 Å². The fourth-order valence-electron chi connectivity index (χ4n) is 1.34. The molecule has 58 valence electrons. The van der Waals surface area contributed by atoms with Crippen LogP contribution in [0.1, 0.15) is 5.69 Å². The summed E-state index contributed by atoms with van der Waals surface area (Å²) < 4.78 is 2.03. The van der Waals surface area contributed by atoms with Gasteiger partial charge in [0.25, 0.3) is 0 Å². The summed E-state index contributed by atoms with van der Waals surface area (Å²) in [7, 11) is 0. The van der Waals surface area contributed by atoms with Crippen LogP contribution in [0.15, 0.2) is 36.5 Å². The lowest BCUT2D eigenvalue weighted by atomic mass is 10.3. The van der Waals surface area contributed by atoms with Gasteiger partial charge >= 0.3 is 0 Å². The van der Waals surface area contributed by atoms with Crippen molar-refractivity contribution in [1.29, 1.82) is 5.26 Å². The Morgan fingerprint density at radius 2 is 2.17 bits per heavy atom. The van der Waals surface area contributed by atoms with Crippen LogP contribution < -0.4 is 0 Å². The number of aromatic nitrogens is 1. The minimum atomic E-state index is 0.470. The summed E-state index contributed by atoms with van der Waals surface area (Å²) in [6.45, 7) is 0. The van der Waals surface area contributed by atoms with Crippen molar-refractivity contribution in [3.63, 3.8) is 0 Å². The predicted molar refractivity (Wildman–Crippen MR) is 46.7 cm³/mol. The zero-order chi connectivity index (χ0) is 8.39. The molecule has 0 unspecified atom stereocenters. The van der Waals surface area contributed by atoms with Gasteiger partial charge in [-0.15, -0.1) is 0 Å². The van der Waals surface area contributed by atoms with Crippen molar-refractivity contribution >= 4 is 5.52 Å². The Morgan fingerprint density at radius 3 is 3.00 bits per heavy atom. The van der Waals surface area contributed by atoms with Crippen LogP contribution in [0.5, 0.6) is 0 Å². The molecule has 2 aromatic rings. The maximum absolute atomic E-state index is 8.53. The molecule has 2 nitrogen and oxygen atoms in total. The topological polar surface area (TPSA) is 28.2 Å². The van der Waals surface area contributed by atoms with Gasteiger partial charge in [0, 0.05) is 17.4 Å². The fourth-order valence-corrected chi connectivity index (χ4v) is 1.34. The Labute approximate surface area is 70.7 Å². The number of fused-ring (bicyclic) bond motifs is 1. The summed E-state index contributed by atoms with van der Waals surface area (Å²) in [5.41, 5.74) is 2.19. The molecule has 0 saturated carbocycles. The second-order valence-electron chi connectivity index (χ2n) is 2.66. The minimum absolute atomic E-state index is 0.470. The van der Waals surface area contributed by atoms with Crippen LogP contribution in [0.25, 0.3) is 5.52 Å². The maximum atomic E-state index is 8.53. The third-order valence-electron chi connectivity index (χ3n) is 1.91. The highest BCUT2D eigenvalue weighted by Gasteiger charge is 1.97. The predicted octanol–water partition coefficient (Wildman–Crippen LogP) is 2.01. The van der Waals surface area contributed by atoms with E-state index in [-0.39, 0.29) is 0 Å². The standard InChI is InChI=1S/C10H8N2/c11-7-6-10-5-4-9-3-1-2-8-12(9)10/h1-5,8H,6H2. The molecule has 0 aliphatic rings. The van der Waals surface area contributed by atoms with E-state index < -0.39 is 0 Å². The van der Waals surface area contributed by atoms with Crippen LogP contribution in [-0.4, -0.2) is 4.40 Å². The Morgan fingerprint density at radius 1 is 1.25 bits per heavy atom. The van der Waals surface area contributed by atoms with E-state index in [2.05, 4.69) is 6.07 Å². The van der Waals surface area contributed by atoms with Gasteiger partial charge in [0.05, 0.1) is 12.5 Å². The summed E-state index contributed by atoms with van der Waals surface area (Å²) in [6.07, 6.45) is 2.44. The van der Waals surface area contributed by atoms with Crippen molar-refractivity contribution in [3.05, 3.63) is 42.2 Å². The number of pyridine rings is 1. The van der Waals surface area contributed by atoms with Gasteiger partial charge < -0.3 is 4.40 Å². The van der Waals surface area contributed by atoms with Crippen molar-refractivity contribution in [2.24, 2.45) is 0 Å². The summed E-state index contributed by atoms with van der Waals surface area (Å²) in [5.74, 6) is 0. The molecular formula is C10H8N2. The Kier molecular flexibility index (Phi) is 1.56. The molecule has 2 heteroatoms. The lowest BCUT2D eigenvalue weighted by Crippen LogP contribution is -1.89. The highest BCUT2D eigenvalue weighted by Crippen LogP contribution is 2.09. The largest absolute Gasteiger partial charge is 0.320 e. The minimum Gasteiger partial charge on any atom is -0.320 e. The lowest BCUT2D eigenvalue weighted by molar-refractivity contribution is 1.06. The normalized spacial score (nSPS) is 9.92. The summed E-state index contributed by atoms with van der Waals surface area (Å²) in [5, 5.41) is 8.53.